The quantitative estimate of drug-likeness (QED) is 0.651. The Balaban J connectivity index is 1.72. The average molecular weight is 341 g/mol. The molecule has 3 rings (SSSR count). The molecule has 0 atom stereocenters. The van der Waals surface area contributed by atoms with Crippen LogP contribution < -0.4 is 4.72 Å². The molecular weight excluding hydrogens is 328 g/mol. The summed E-state index contributed by atoms with van der Waals surface area (Å²) in [4.78, 5) is 3.84. The van der Waals surface area contributed by atoms with Gasteiger partial charge in [-0.1, -0.05) is 18.2 Å². The summed E-state index contributed by atoms with van der Waals surface area (Å²) < 4.78 is 30.6. The van der Waals surface area contributed by atoms with Crippen LogP contribution in [0.5, 0.6) is 0 Å². The van der Waals surface area contributed by atoms with E-state index in [1.807, 2.05) is 6.07 Å². The molecule has 0 saturated carbocycles. The number of nitrogens with zero attached hydrogens (tertiary/aromatic N) is 1. The molecule has 24 heavy (non-hydrogen) atoms. The maximum absolute atomic E-state index is 13.9. The van der Waals surface area contributed by atoms with Crippen LogP contribution in [0.4, 0.5) is 14.5 Å². The topological polar surface area (TPSA) is 51.6 Å². The standard InChI is InChI=1S/C18H13F2N3S/c19-15-4-2-1-3-13(15)8-14-10-22-11-18(14)24-23-17-6-5-12(9-21)7-16(17)20/h1-7,10-11,22-23H,8H2. The molecule has 120 valence electrons. The predicted octanol–water partition coefficient (Wildman–Crippen LogP) is 4.87. The van der Waals surface area contributed by atoms with E-state index in [9.17, 15) is 8.78 Å². The minimum absolute atomic E-state index is 0.249. The second-order valence-electron chi connectivity index (χ2n) is 5.12. The molecule has 6 heteroatoms. The molecule has 1 aromatic heterocycles. The van der Waals surface area contributed by atoms with E-state index in [4.69, 9.17) is 5.26 Å². The first-order chi connectivity index (χ1) is 11.7. The van der Waals surface area contributed by atoms with Gasteiger partial charge < -0.3 is 9.71 Å². The van der Waals surface area contributed by atoms with Crippen LogP contribution in [-0.4, -0.2) is 4.98 Å². The van der Waals surface area contributed by atoms with Gasteiger partial charge in [-0.2, -0.15) is 5.26 Å². The van der Waals surface area contributed by atoms with Crippen LogP contribution in [0.25, 0.3) is 0 Å². The lowest BCUT2D eigenvalue weighted by Crippen LogP contribution is -1.95. The van der Waals surface area contributed by atoms with Crippen molar-refractivity contribution < 1.29 is 8.78 Å². The van der Waals surface area contributed by atoms with Crippen molar-refractivity contribution in [1.29, 1.82) is 5.26 Å². The van der Waals surface area contributed by atoms with Crippen LogP contribution in [-0.2, 0) is 6.42 Å². The number of rotatable bonds is 5. The summed E-state index contributed by atoms with van der Waals surface area (Å²) >= 11 is 1.23. The highest BCUT2D eigenvalue weighted by atomic mass is 32.2. The van der Waals surface area contributed by atoms with Crippen molar-refractivity contribution in [2.45, 2.75) is 11.3 Å². The van der Waals surface area contributed by atoms with Gasteiger partial charge in [0.25, 0.3) is 0 Å². The Bertz CT molecular complexity index is 899. The van der Waals surface area contributed by atoms with E-state index in [1.165, 1.54) is 30.1 Å². The molecule has 0 aliphatic rings. The van der Waals surface area contributed by atoms with E-state index in [2.05, 4.69) is 9.71 Å². The van der Waals surface area contributed by atoms with E-state index in [0.717, 1.165) is 10.5 Å². The lowest BCUT2D eigenvalue weighted by Gasteiger charge is -2.08. The molecule has 3 nitrogen and oxygen atoms in total. The van der Waals surface area contributed by atoms with Gasteiger partial charge in [0, 0.05) is 23.7 Å². The maximum Gasteiger partial charge on any atom is 0.148 e. The number of nitrogens with one attached hydrogen (secondary N) is 2. The number of H-pyrrole nitrogens is 1. The molecule has 0 aliphatic carbocycles. The van der Waals surface area contributed by atoms with Crippen molar-refractivity contribution in [3.05, 3.63) is 83.2 Å². The second kappa shape index (κ2) is 7.20. The Labute approximate surface area is 142 Å². The number of benzene rings is 2. The van der Waals surface area contributed by atoms with Gasteiger partial charge in [-0.05, 0) is 47.3 Å². The van der Waals surface area contributed by atoms with Crippen molar-refractivity contribution in [3.63, 3.8) is 0 Å². The highest BCUT2D eigenvalue weighted by molar-refractivity contribution is 8.00. The van der Waals surface area contributed by atoms with Crippen molar-refractivity contribution in [1.82, 2.24) is 4.98 Å². The minimum Gasteiger partial charge on any atom is -0.366 e. The summed E-state index contributed by atoms with van der Waals surface area (Å²) in [6.45, 7) is 0. The van der Waals surface area contributed by atoms with Gasteiger partial charge in [-0.25, -0.2) is 8.78 Å². The first kappa shape index (κ1) is 16.1. The molecule has 2 aromatic carbocycles. The molecule has 1 heterocycles. The largest absolute Gasteiger partial charge is 0.366 e. The van der Waals surface area contributed by atoms with E-state index >= 15 is 0 Å². The zero-order valence-electron chi connectivity index (χ0n) is 12.5. The number of anilines is 1. The fourth-order valence-electron chi connectivity index (χ4n) is 2.24. The zero-order valence-corrected chi connectivity index (χ0v) is 13.3. The summed E-state index contributed by atoms with van der Waals surface area (Å²) in [5, 5.41) is 8.75. The fourth-order valence-corrected chi connectivity index (χ4v) is 3.01. The number of aromatic nitrogens is 1. The van der Waals surface area contributed by atoms with E-state index in [-0.39, 0.29) is 17.1 Å². The van der Waals surface area contributed by atoms with Crippen LogP contribution >= 0.6 is 11.9 Å². The molecule has 0 fully saturated rings. The predicted molar refractivity (Wildman–Crippen MR) is 90.6 cm³/mol. The van der Waals surface area contributed by atoms with Crippen molar-refractivity contribution in [3.8, 4) is 6.07 Å². The third-order valence-electron chi connectivity index (χ3n) is 3.50. The maximum atomic E-state index is 13.9. The lowest BCUT2D eigenvalue weighted by atomic mass is 10.1. The summed E-state index contributed by atoms with van der Waals surface area (Å²) in [5.41, 5.74) is 2.07. The van der Waals surface area contributed by atoms with Gasteiger partial charge in [0.2, 0.25) is 0 Å². The Hall–Kier alpha value is -2.78. The Morgan fingerprint density at radius 1 is 1.04 bits per heavy atom. The minimum atomic E-state index is -0.493. The molecule has 0 spiro atoms. The van der Waals surface area contributed by atoms with Gasteiger partial charge in [0.1, 0.15) is 11.6 Å². The van der Waals surface area contributed by atoms with Crippen LogP contribution in [0.15, 0.2) is 59.8 Å². The van der Waals surface area contributed by atoms with Crippen molar-refractivity contribution >= 4 is 17.6 Å². The molecule has 0 radical (unpaired) electrons. The number of halogens is 2. The van der Waals surface area contributed by atoms with Crippen LogP contribution in [0, 0.1) is 23.0 Å². The van der Waals surface area contributed by atoms with E-state index in [1.54, 1.807) is 36.7 Å². The van der Waals surface area contributed by atoms with Gasteiger partial charge in [0.05, 0.1) is 17.3 Å². The lowest BCUT2D eigenvalue weighted by molar-refractivity contribution is 0.613. The van der Waals surface area contributed by atoms with Gasteiger partial charge in [-0.3, -0.25) is 0 Å². The molecule has 0 aliphatic heterocycles. The second-order valence-corrected chi connectivity index (χ2v) is 5.97. The summed E-state index contributed by atoms with van der Waals surface area (Å²) in [6, 6.07) is 12.8. The Morgan fingerprint density at radius 3 is 2.62 bits per heavy atom. The SMILES string of the molecule is N#Cc1ccc(NSc2c[nH]cc2Cc2ccccc2F)c(F)c1. The summed E-state index contributed by atoms with van der Waals surface area (Å²) in [7, 11) is 0. The Kier molecular flexibility index (Phi) is 4.82. The van der Waals surface area contributed by atoms with Crippen LogP contribution in [0.2, 0.25) is 0 Å². The number of hydrogen-bond acceptors (Lipinski definition) is 3. The summed E-state index contributed by atoms with van der Waals surface area (Å²) in [5.74, 6) is -0.742. The fraction of sp³-hybridized carbons (Fsp3) is 0.0556. The summed E-state index contributed by atoms with van der Waals surface area (Å²) in [6.07, 6.45) is 4.01. The van der Waals surface area contributed by atoms with Crippen LogP contribution in [0.1, 0.15) is 16.7 Å². The molecule has 0 saturated heterocycles. The zero-order chi connectivity index (χ0) is 16.9. The Morgan fingerprint density at radius 2 is 1.88 bits per heavy atom. The first-order valence-electron chi connectivity index (χ1n) is 7.19. The third-order valence-corrected chi connectivity index (χ3v) is 4.42. The highest BCUT2D eigenvalue weighted by Gasteiger charge is 2.10. The number of aromatic amines is 1. The molecule has 0 unspecified atom stereocenters. The molecule has 3 aromatic rings. The van der Waals surface area contributed by atoms with Gasteiger partial charge >= 0.3 is 0 Å². The molecule has 0 amide bonds. The van der Waals surface area contributed by atoms with Gasteiger partial charge in [-0.15, -0.1) is 0 Å². The van der Waals surface area contributed by atoms with Crippen molar-refractivity contribution in [2.24, 2.45) is 0 Å². The number of nitriles is 1. The molecule has 0 bridgehead atoms. The molecule has 2 N–H and O–H groups in total. The van der Waals surface area contributed by atoms with Crippen LogP contribution in [0.3, 0.4) is 0 Å². The smallest absolute Gasteiger partial charge is 0.148 e. The molecular formula is C18H13F2N3S. The average Bonchev–Trinajstić information content (AvgIpc) is 3.03. The van der Waals surface area contributed by atoms with Crippen molar-refractivity contribution in [2.75, 3.05) is 4.72 Å². The monoisotopic (exact) mass is 341 g/mol. The van der Waals surface area contributed by atoms with Gasteiger partial charge in [0.15, 0.2) is 0 Å². The van der Waals surface area contributed by atoms with E-state index < -0.39 is 5.82 Å². The first-order valence-corrected chi connectivity index (χ1v) is 8.00. The normalized spacial score (nSPS) is 10.4. The van der Waals surface area contributed by atoms with E-state index in [0.29, 0.717) is 12.0 Å². The highest BCUT2D eigenvalue weighted by Crippen LogP contribution is 2.28. The third kappa shape index (κ3) is 3.58. The number of hydrogen-bond donors (Lipinski definition) is 2.